The van der Waals surface area contributed by atoms with E-state index in [4.69, 9.17) is 5.11 Å². The van der Waals surface area contributed by atoms with Gasteiger partial charge in [0.1, 0.15) is 12.1 Å². The maximum atomic E-state index is 13.7. The Labute approximate surface area is 148 Å². The maximum absolute atomic E-state index is 13.7. The zero-order valence-electron chi connectivity index (χ0n) is 13.9. The van der Waals surface area contributed by atoms with E-state index in [1.54, 1.807) is 24.5 Å². The second kappa shape index (κ2) is 6.86. The zero-order valence-corrected chi connectivity index (χ0v) is 14.7. The quantitative estimate of drug-likeness (QED) is 0.828. The number of hydrogen-bond acceptors (Lipinski definition) is 2. The Bertz CT molecular complexity index is 896. The standard InChI is InChI=1S/C20H17FO3S/c1-12-17(9-13-3-6-15(7-4-13)25(2)24)16-8-5-14(21)10-19(16)18(12)11-20(22)23/h3-10H,11H2,1-2H3,(H,22,23)/b17-9-/t25-/m0/s1. The van der Waals surface area contributed by atoms with Crippen LogP contribution in [0.5, 0.6) is 0 Å². The van der Waals surface area contributed by atoms with Gasteiger partial charge in [-0.2, -0.15) is 0 Å². The van der Waals surface area contributed by atoms with Crippen molar-refractivity contribution in [2.24, 2.45) is 0 Å². The van der Waals surface area contributed by atoms with Crippen molar-refractivity contribution >= 4 is 34.4 Å². The first-order valence-corrected chi connectivity index (χ1v) is 9.30. The van der Waals surface area contributed by atoms with Crippen LogP contribution < -0.4 is 0 Å². The molecule has 128 valence electrons. The predicted molar refractivity (Wildman–Crippen MR) is 97.9 cm³/mol. The van der Waals surface area contributed by atoms with E-state index in [1.807, 2.05) is 25.1 Å². The van der Waals surface area contributed by atoms with E-state index in [1.165, 1.54) is 12.1 Å². The number of halogens is 1. The summed E-state index contributed by atoms with van der Waals surface area (Å²) in [6, 6.07) is 11.8. The summed E-state index contributed by atoms with van der Waals surface area (Å²) in [7, 11) is 0. The molecule has 0 spiro atoms. The van der Waals surface area contributed by atoms with E-state index in [0.29, 0.717) is 11.1 Å². The lowest BCUT2D eigenvalue weighted by Crippen LogP contribution is -1.97. The minimum absolute atomic E-state index is 0.145. The summed E-state index contributed by atoms with van der Waals surface area (Å²) < 4.78 is 25.1. The molecule has 0 aliphatic heterocycles. The molecule has 3 nitrogen and oxygen atoms in total. The van der Waals surface area contributed by atoms with Crippen LogP contribution in [0, 0.1) is 5.82 Å². The van der Waals surface area contributed by atoms with Gasteiger partial charge in [-0.05, 0) is 94.0 Å². The number of aliphatic carboxylic acids is 1. The van der Waals surface area contributed by atoms with Gasteiger partial charge in [0.2, 0.25) is 0 Å². The highest BCUT2D eigenvalue weighted by atomic mass is 32.2. The summed E-state index contributed by atoms with van der Waals surface area (Å²) in [5, 5.41) is 9.17. The van der Waals surface area contributed by atoms with Crippen molar-refractivity contribution in [3.63, 3.8) is 0 Å². The first-order valence-electron chi connectivity index (χ1n) is 7.74. The van der Waals surface area contributed by atoms with Gasteiger partial charge in [0.15, 0.2) is 4.90 Å². The molecule has 5 heteroatoms. The smallest absolute Gasteiger partial charge is 0.307 e. The number of allylic oxidation sites excluding steroid dienone is 2. The largest absolute Gasteiger partial charge is 0.612 e. The van der Waals surface area contributed by atoms with Crippen molar-refractivity contribution in [1.82, 2.24) is 0 Å². The van der Waals surface area contributed by atoms with E-state index in [-0.39, 0.29) is 12.2 Å². The highest BCUT2D eigenvalue weighted by molar-refractivity contribution is 7.90. The van der Waals surface area contributed by atoms with Crippen LogP contribution in [0.4, 0.5) is 4.39 Å². The van der Waals surface area contributed by atoms with Gasteiger partial charge in [-0.25, -0.2) is 4.39 Å². The zero-order chi connectivity index (χ0) is 18.1. The number of carboxylic acids is 1. The molecule has 0 heterocycles. The maximum Gasteiger partial charge on any atom is 0.307 e. The summed E-state index contributed by atoms with van der Waals surface area (Å²) in [6.07, 6.45) is 3.43. The van der Waals surface area contributed by atoms with Crippen LogP contribution >= 0.6 is 0 Å². The van der Waals surface area contributed by atoms with Crippen molar-refractivity contribution in [3.05, 3.63) is 70.5 Å². The number of fused-ring (bicyclic) bond motifs is 1. The van der Waals surface area contributed by atoms with Gasteiger partial charge < -0.3 is 9.66 Å². The molecule has 0 unspecified atom stereocenters. The third-order valence-electron chi connectivity index (χ3n) is 4.30. The van der Waals surface area contributed by atoms with Crippen LogP contribution in [0.25, 0.3) is 17.2 Å². The number of carbonyl (C=O) groups is 1. The molecule has 0 aromatic heterocycles. The molecule has 2 aromatic rings. The first-order chi connectivity index (χ1) is 11.9. The van der Waals surface area contributed by atoms with Gasteiger partial charge in [-0.15, -0.1) is 0 Å². The molecule has 0 radical (unpaired) electrons. The lowest BCUT2D eigenvalue weighted by molar-refractivity contribution is -0.135. The van der Waals surface area contributed by atoms with Gasteiger partial charge in [0.05, 0.1) is 6.42 Å². The van der Waals surface area contributed by atoms with Crippen LogP contribution in [0.3, 0.4) is 0 Å². The first kappa shape index (κ1) is 17.5. The van der Waals surface area contributed by atoms with Crippen LogP contribution in [-0.2, 0) is 16.0 Å². The van der Waals surface area contributed by atoms with Gasteiger partial charge in [0.25, 0.3) is 0 Å². The SMILES string of the molecule is CC1=C(CC(=O)O)c2cc(F)ccc2/C1=C\c1ccc([S@+](C)[O-])cc1. The molecule has 0 saturated carbocycles. The van der Waals surface area contributed by atoms with Gasteiger partial charge in [0, 0.05) is 0 Å². The number of benzene rings is 2. The van der Waals surface area contributed by atoms with E-state index in [2.05, 4.69) is 0 Å². The van der Waals surface area contributed by atoms with E-state index in [0.717, 1.165) is 27.2 Å². The minimum atomic E-state index is -1.04. The van der Waals surface area contributed by atoms with Gasteiger partial charge in [-0.1, -0.05) is 6.07 Å². The fourth-order valence-electron chi connectivity index (χ4n) is 3.05. The Kier molecular flexibility index (Phi) is 4.79. The predicted octanol–water partition coefficient (Wildman–Crippen LogP) is 4.37. The molecule has 1 aliphatic carbocycles. The summed E-state index contributed by atoms with van der Waals surface area (Å²) in [4.78, 5) is 11.9. The second-order valence-electron chi connectivity index (χ2n) is 5.95. The molecule has 0 bridgehead atoms. The molecular formula is C20H17FO3S. The van der Waals surface area contributed by atoms with Crippen LogP contribution in [0.1, 0.15) is 30.0 Å². The third kappa shape index (κ3) is 3.52. The number of rotatable bonds is 4. The highest BCUT2D eigenvalue weighted by Crippen LogP contribution is 2.43. The summed E-state index contributed by atoms with van der Waals surface area (Å²) in [5.74, 6) is -1.33. The van der Waals surface area contributed by atoms with E-state index < -0.39 is 17.1 Å². The Morgan fingerprint density at radius 3 is 2.48 bits per heavy atom. The normalized spacial score (nSPS) is 16.2. The Morgan fingerprint density at radius 1 is 1.20 bits per heavy atom. The van der Waals surface area contributed by atoms with Crippen molar-refractivity contribution in [2.75, 3.05) is 6.26 Å². The number of hydrogen-bond donors (Lipinski definition) is 1. The van der Waals surface area contributed by atoms with Gasteiger partial charge >= 0.3 is 5.97 Å². The molecule has 1 atom stereocenters. The molecule has 0 amide bonds. The van der Waals surface area contributed by atoms with Crippen molar-refractivity contribution in [2.45, 2.75) is 18.2 Å². The van der Waals surface area contributed by atoms with Crippen LogP contribution in [0.15, 0.2) is 52.9 Å². The summed E-state index contributed by atoms with van der Waals surface area (Å²) in [6.45, 7) is 1.86. The van der Waals surface area contributed by atoms with Gasteiger partial charge in [-0.3, -0.25) is 4.79 Å². The molecule has 0 fully saturated rings. The van der Waals surface area contributed by atoms with Crippen molar-refractivity contribution < 1.29 is 18.8 Å². The lowest BCUT2D eigenvalue weighted by atomic mass is 10.0. The molecule has 1 aliphatic rings. The third-order valence-corrected chi connectivity index (χ3v) is 5.24. The summed E-state index contributed by atoms with van der Waals surface area (Å²) >= 11 is -1.04. The average Bonchev–Trinajstić information content (AvgIpc) is 2.80. The molecule has 3 rings (SSSR count). The lowest BCUT2D eigenvalue weighted by Gasteiger charge is -2.06. The van der Waals surface area contributed by atoms with E-state index >= 15 is 0 Å². The average molecular weight is 356 g/mol. The van der Waals surface area contributed by atoms with Crippen molar-refractivity contribution in [3.8, 4) is 0 Å². The Balaban J connectivity index is 2.09. The topological polar surface area (TPSA) is 60.4 Å². The minimum Gasteiger partial charge on any atom is -0.612 e. The van der Waals surface area contributed by atoms with E-state index in [9.17, 15) is 13.7 Å². The molecular weight excluding hydrogens is 339 g/mol. The fourth-order valence-corrected chi connectivity index (χ4v) is 3.57. The molecule has 2 aromatic carbocycles. The Hall–Kier alpha value is -2.37. The van der Waals surface area contributed by atoms with Crippen LogP contribution in [-0.4, -0.2) is 21.9 Å². The Morgan fingerprint density at radius 2 is 1.88 bits per heavy atom. The van der Waals surface area contributed by atoms with Crippen LogP contribution in [0.2, 0.25) is 0 Å². The molecule has 0 saturated heterocycles. The highest BCUT2D eigenvalue weighted by Gasteiger charge is 2.25. The van der Waals surface area contributed by atoms with Crippen molar-refractivity contribution in [1.29, 1.82) is 0 Å². The number of carboxylic acid groups (broad SMARTS) is 1. The second-order valence-corrected chi connectivity index (χ2v) is 7.32. The fraction of sp³-hybridized carbons (Fsp3) is 0.150. The summed E-state index contributed by atoms with van der Waals surface area (Å²) in [5.41, 5.74) is 4.74. The molecule has 1 N–H and O–H groups in total. The molecule has 25 heavy (non-hydrogen) atoms. The monoisotopic (exact) mass is 356 g/mol.